The quantitative estimate of drug-likeness (QED) is 0.348. The minimum absolute atomic E-state index is 0.0457. The van der Waals surface area contributed by atoms with Crippen molar-refractivity contribution in [2.75, 3.05) is 5.75 Å². The van der Waals surface area contributed by atoms with E-state index < -0.39 is 5.97 Å². The van der Waals surface area contributed by atoms with Gasteiger partial charge in [-0.3, -0.25) is 4.79 Å². The van der Waals surface area contributed by atoms with Crippen molar-refractivity contribution >= 4 is 39.5 Å². The smallest absolute Gasteiger partial charge is 0.307 e. The Bertz CT molecular complexity index is 1210. The molecule has 0 spiro atoms. The Hall–Kier alpha value is -2.72. The third-order valence-electron chi connectivity index (χ3n) is 5.35. The summed E-state index contributed by atoms with van der Waals surface area (Å²) < 4.78 is 2.38. The van der Waals surface area contributed by atoms with Gasteiger partial charge in [0.1, 0.15) is 0 Å². The maximum absolute atomic E-state index is 11.6. The number of benzene rings is 3. The third-order valence-corrected chi connectivity index (χ3v) is 6.93. The number of carboxylic acids is 1. The topological polar surface area (TPSA) is 42.2 Å². The van der Waals surface area contributed by atoms with Gasteiger partial charge < -0.3 is 9.67 Å². The second kappa shape index (κ2) is 8.57. The van der Waals surface area contributed by atoms with E-state index in [1.807, 2.05) is 6.07 Å². The van der Waals surface area contributed by atoms with Crippen LogP contribution in [0.5, 0.6) is 0 Å². The molecule has 0 aliphatic heterocycles. The minimum atomic E-state index is -0.786. The lowest BCUT2D eigenvalue weighted by Gasteiger charge is -2.16. The van der Waals surface area contributed by atoms with Crippen molar-refractivity contribution < 1.29 is 9.90 Å². The standard InChI is InChI=1S/C26H27NO2S/c1-17(2)16-30-26-20(14-23(28)29)13-18(3)24-21-11-7-8-12-22(21)27(25(24)26)15-19-9-5-4-6-10-19/h4-13,17H,14-16H2,1-3H3,(H,28,29). The van der Waals surface area contributed by atoms with Gasteiger partial charge in [0, 0.05) is 33.5 Å². The van der Waals surface area contributed by atoms with Crippen molar-refractivity contribution in [2.24, 2.45) is 5.92 Å². The first-order valence-electron chi connectivity index (χ1n) is 10.4. The molecule has 0 amide bonds. The lowest BCUT2D eigenvalue weighted by molar-refractivity contribution is -0.136. The zero-order chi connectivity index (χ0) is 21.3. The average molecular weight is 418 g/mol. The number of aliphatic carboxylic acids is 1. The summed E-state index contributed by atoms with van der Waals surface area (Å²) in [6.45, 7) is 7.27. The summed E-state index contributed by atoms with van der Waals surface area (Å²) in [5.41, 5.74) is 5.65. The van der Waals surface area contributed by atoms with Gasteiger partial charge in [0.15, 0.2) is 0 Å². The van der Waals surface area contributed by atoms with E-state index in [0.29, 0.717) is 5.92 Å². The van der Waals surface area contributed by atoms with Crippen LogP contribution >= 0.6 is 11.8 Å². The second-order valence-electron chi connectivity index (χ2n) is 8.27. The van der Waals surface area contributed by atoms with Crippen molar-refractivity contribution in [3.05, 3.63) is 77.4 Å². The van der Waals surface area contributed by atoms with E-state index in [1.165, 1.54) is 27.4 Å². The molecule has 0 atom stereocenters. The molecule has 0 bridgehead atoms. The number of hydrogen-bond acceptors (Lipinski definition) is 2. The predicted molar refractivity (Wildman–Crippen MR) is 127 cm³/mol. The van der Waals surface area contributed by atoms with E-state index in [9.17, 15) is 9.90 Å². The summed E-state index contributed by atoms with van der Waals surface area (Å²) in [6, 6.07) is 21.1. The molecule has 0 radical (unpaired) electrons. The van der Waals surface area contributed by atoms with E-state index in [-0.39, 0.29) is 6.42 Å². The Labute approximate surface area is 181 Å². The van der Waals surface area contributed by atoms with Crippen LogP contribution in [-0.4, -0.2) is 21.4 Å². The normalized spacial score (nSPS) is 11.6. The average Bonchev–Trinajstić information content (AvgIpc) is 3.03. The van der Waals surface area contributed by atoms with Crippen LogP contribution in [0.1, 0.15) is 30.5 Å². The Morgan fingerprint density at radius 2 is 1.77 bits per heavy atom. The zero-order valence-corrected chi connectivity index (χ0v) is 18.5. The predicted octanol–water partition coefficient (Wildman–Crippen LogP) is 6.53. The molecule has 4 rings (SSSR count). The first kappa shape index (κ1) is 20.5. The maximum Gasteiger partial charge on any atom is 0.307 e. The van der Waals surface area contributed by atoms with Gasteiger partial charge in [0.05, 0.1) is 11.9 Å². The molecule has 0 unspecified atom stereocenters. The van der Waals surface area contributed by atoms with E-state index in [4.69, 9.17) is 0 Å². The molecule has 3 nitrogen and oxygen atoms in total. The van der Waals surface area contributed by atoms with Crippen LogP contribution in [0, 0.1) is 12.8 Å². The summed E-state index contributed by atoms with van der Waals surface area (Å²) >= 11 is 1.79. The highest BCUT2D eigenvalue weighted by Gasteiger charge is 2.21. The second-order valence-corrected chi connectivity index (χ2v) is 9.30. The summed E-state index contributed by atoms with van der Waals surface area (Å²) in [6.07, 6.45) is 0.0457. The highest BCUT2D eigenvalue weighted by Crippen LogP contribution is 2.41. The molecule has 4 aromatic rings. The number of carbonyl (C=O) groups is 1. The number of para-hydroxylation sites is 1. The van der Waals surface area contributed by atoms with E-state index >= 15 is 0 Å². The van der Waals surface area contributed by atoms with Crippen LogP contribution in [0.4, 0.5) is 0 Å². The monoisotopic (exact) mass is 417 g/mol. The number of thioether (sulfide) groups is 1. The number of aryl methyl sites for hydroxylation is 1. The molecule has 0 saturated heterocycles. The number of fused-ring (bicyclic) bond motifs is 3. The first-order valence-corrected chi connectivity index (χ1v) is 11.4. The van der Waals surface area contributed by atoms with E-state index in [1.54, 1.807) is 11.8 Å². The fraction of sp³-hybridized carbons (Fsp3) is 0.269. The SMILES string of the molecule is Cc1cc(CC(=O)O)c(SCC(C)C)c2c1c1ccccc1n2Cc1ccccc1. The molecule has 1 heterocycles. The lowest BCUT2D eigenvalue weighted by Crippen LogP contribution is -2.06. The Morgan fingerprint density at radius 1 is 1.07 bits per heavy atom. The number of hydrogen-bond donors (Lipinski definition) is 1. The van der Waals surface area contributed by atoms with Crippen LogP contribution in [0.25, 0.3) is 21.8 Å². The molecule has 30 heavy (non-hydrogen) atoms. The summed E-state index contributed by atoms with van der Waals surface area (Å²) in [7, 11) is 0. The van der Waals surface area contributed by atoms with Crippen LogP contribution in [0.2, 0.25) is 0 Å². The van der Waals surface area contributed by atoms with Gasteiger partial charge >= 0.3 is 5.97 Å². The number of aromatic nitrogens is 1. The molecule has 0 aliphatic rings. The van der Waals surface area contributed by atoms with Crippen LogP contribution in [-0.2, 0) is 17.8 Å². The van der Waals surface area contributed by atoms with Gasteiger partial charge in [0.2, 0.25) is 0 Å². The molecule has 1 aromatic heterocycles. The van der Waals surface area contributed by atoms with Gasteiger partial charge in [-0.15, -0.1) is 11.8 Å². The van der Waals surface area contributed by atoms with E-state index in [0.717, 1.165) is 28.3 Å². The number of carboxylic acid groups (broad SMARTS) is 1. The Morgan fingerprint density at radius 3 is 2.47 bits per heavy atom. The van der Waals surface area contributed by atoms with Crippen LogP contribution < -0.4 is 0 Å². The van der Waals surface area contributed by atoms with E-state index in [2.05, 4.69) is 79.9 Å². The molecular weight excluding hydrogens is 390 g/mol. The van der Waals surface area contributed by atoms with Gasteiger partial charge in [-0.25, -0.2) is 0 Å². The van der Waals surface area contributed by atoms with Crippen molar-refractivity contribution in [2.45, 2.75) is 38.6 Å². The molecule has 0 saturated carbocycles. The lowest BCUT2D eigenvalue weighted by atomic mass is 10.0. The Balaban J connectivity index is 2.05. The number of rotatable bonds is 7. The van der Waals surface area contributed by atoms with Gasteiger partial charge in [0.25, 0.3) is 0 Å². The fourth-order valence-electron chi connectivity index (χ4n) is 4.13. The fourth-order valence-corrected chi connectivity index (χ4v) is 5.29. The minimum Gasteiger partial charge on any atom is -0.481 e. The largest absolute Gasteiger partial charge is 0.481 e. The molecule has 0 aliphatic carbocycles. The molecular formula is C26H27NO2S. The highest BCUT2D eigenvalue weighted by molar-refractivity contribution is 7.99. The van der Waals surface area contributed by atoms with Crippen molar-refractivity contribution in [3.63, 3.8) is 0 Å². The summed E-state index contributed by atoms with van der Waals surface area (Å²) in [5, 5.41) is 12.0. The van der Waals surface area contributed by atoms with Crippen molar-refractivity contribution in [1.82, 2.24) is 4.57 Å². The molecule has 154 valence electrons. The maximum atomic E-state index is 11.6. The molecule has 1 N–H and O–H groups in total. The van der Waals surface area contributed by atoms with Crippen molar-refractivity contribution in [1.29, 1.82) is 0 Å². The zero-order valence-electron chi connectivity index (χ0n) is 17.7. The van der Waals surface area contributed by atoms with Crippen LogP contribution in [0.15, 0.2) is 65.6 Å². The molecule has 3 aromatic carbocycles. The van der Waals surface area contributed by atoms with Crippen LogP contribution in [0.3, 0.4) is 0 Å². The highest BCUT2D eigenvalue weighted by atomic mass is 32.2. The van der Waals surface area contributed by atoms with Gasteiger partial charge in [-0.1, -0.05) is 68.4 Å². The van der Waals surface area contributed by atoms with Gasteiger partial charge in [-0.05, 0) is 35.6 Å². The summed E-state index contributed by atoms with van der Waals surface area (Å²) in [5.74, 6) is 0.694. The first-order chi connectivity index (χ1) is 14.5. The third kappa shape index (κ3) is 3.97. The Kier molecular flexibility index (Phi) is 5.87. The van der Waals surface area contributed by atoms with Gasteiger partial charge in [-0.2, -0.15) is 0 Å². The molecule has 0 fully saturated rings. The van der Waals surface area contributed by atoms with Crippen molar-refractivity contribution in [3.8, 4) is 0 Å². The molecule has 4 heteroatoms. The summed E-state index contributed by atoms with van der Waals surface area (Å²) in [4.78, 5) is 12.7. The number of nitrogens with zero attached hydrogens (tertiary/aromatic N) is 1.